The Bertz CT molecular complexity index is 801. The van der Waals surface area contributed by atoms with Crippen molar-refractivity contribution in [2.45, 2.75) is 0 Å². The third kappa shape index (κ3) is 5.34. The van der Waals surface area contributed by atoms with Crippen LogP contribution in [0.5, 0.6) is 0 Å². The van der Waals surface area contributed by atoms with Crippen LogP contribution >= 0.6 is 30.5 Å². The molecule has 27 heavy (non-hydrogen) atoms. The van der Waals surface area contributed by atoms with Crippen LogP contribution < -0.4 is 0 Å². The molecule has 3 nitrogen and oxygen atoms in total. The first kappa shape index (κ1) is 20.4. The van der Waals surface area contributed by atoms with Gasteiger partial charge in [-0.15, -0.1) is 0 Å². The minimum Gasteiger partial charge on any atom is -0.304 e. The zero-order chi connectivity index (χ0) is 19.3. The molecule has 1 fully saturated rings. The van der Waals surface area contributed by atoms with Crippen molar-refractivity contribution in [1.82, 2.24) is 9.57 Å². The fourth-order valence-electron chi connectivity index (χ4n) is 2.98. The maximum atomic E-state index is 14.0. The molecule has 1 aliphatic heterocycles. The molecule has 0 amide bonds. The Labute approximate surface area is 171 Å². The maximum absolute atomic E-state index is 14.0. The summed E-state index contributed by atoms with van der Waals surface area (Å²) in [5.74, 6) is 3.36. The first-order chi connectivity index (χ1) is 13.0. The summed E-state index contributed by atoms with van der Waals surface area (Å²) in [4.78, 5) is 2.23. The molecule has 0 spiro atoms. The Kier molecular flexibility index (Phi) is 6.97. The van der Waals surface area contributed by atoms with Gasteiger partial charge in [0.15, 0.2) is 7.29 Å². The number of hydrogen-bond donors (Lipinski definition) is 0. The van der Waals surface area contributed by atoms with E-state index in [1.165, 1.54) is 0 Å². The first-order valence-corrected chi connectivity index (χ1v) is 11.4. The molecule has 1 heterocycles. The SMILES string of the molecule is CN1CCN(P(=O)(/C=C(\Cl)c2ccccc2)/C=C(/Cl)c2ccccc2)CC1. The van der Waals surface area contributed by atoms with Crippen LogP contribution in [-0.2, 0) is 4.57 Å². The lowest BCUT2D eigenvalue weighted by Crippen LogP contribution is -2.42. The highest BCUT2D eigenvalue weighted by atomic mass is 35.5. The van der Waals surface area contributed by atoms with E-state index < -0.39 is 7.29 Å². The van der Waals surface area contributed by atoms with Crippen molar-refractivity contribution < 1.29 is 4.57 Å². The van der Waals surface area contributed by atoms with Crippen LogP contribution in [0.1, 0.15) is 11.1 Å². The Balaban J connectivity index is 2.00. The molecule has 1 atom stereocenters. The van der Waals surface area contributed by atoms with E-state index in [1.807, 2.05) is 65.3 Å². The second-order valence-electron chi connectivity index (χ2n) is 6.62. The summed E-state index contributed by atoms with van der Waals surface area (Å²) in [6.07, 6.45) is 0. The van der Waals surface area contributed by atoms with Crippen LogP contribution in [0.4, 0.5) is 0 Å². The van der Waals surface area contributed by atoms with Crippen molar-refractivity contribution in [3.63, 3.8) is 0 Å². The molecular weight excluding hydrogens is 398 g/mol. The maximum Gasteiger partial charge on any atom is 0.196 e. The lowest BCUT2D eigenvalue weighted by atomic mass is 10.2. The summed E-state index contributed by atoms with van der Waals surface area (Å²) in [7, 11) is -0.974. The summed E-state index contributed by atoms with van der Waals surface area (Å²) in [6, 6.07) is 19.2. The van der Waals surface area contributed by atoms with Crippen molar-refractivity contribution in [2.24, 2.45) is 0 Å². The topological polar surface area (TPSA) is 23.6 Å². The Morgan fingerprint density at radius 3 is 1.63 bits per heavy atom. The summed E-state index contributed by atoms with van der Waals surface area (Å²) < 4.78 is 16.0. The molecule has 1 saturated heterocycles. The van der Waals surface area contributed by atoms with E-state index in [1.54, 1.807) is 11.6 Å². The molecule has 0 aliphatic carbocycles. The monoisotopic (exact) mass is 420 g/mol. The zero-order valence-corrected chi connectivity index (χ0v) is 17.7. The predicted molar refractivity (Wildman–Crippen MR) is 117 cm³/mol. The van der Waals surface area contributed by atoms with Gasteiger partial charge in [-0.05, 0) is 18.2 Å². The third-order valence-corrected chi connectivity index (χ3v) is 8.12. The lowest BCUT2D eigenvalue weighted by molar-refractivity contribution is 0.223. The molecule has 142 valence electrons. The molecule has 2 aromatic rings. The van der Waals surface area contributed by atoms with E-state index >= 15 is 0 Å². The number of benzene rings is 2. The van der Waals surface area contributed by atoms with Crippen LogP contribution in [0.2, 0.25) is 0 Å². The van der Waals surface area contributed by atoms with Gasteiger partial charge in [-0.2, -0.15) is 0 Å². The van der Waals surface area contributed by atoms with Crippen LogP contribution in [0.15, 0.2) is 72.3 Å². The standard InChI is InChI=1S/C21H23Cl2N2OP/c1-24-12-14-25(15-13-24)27(26,16-20(22)18-8-4-2-5-9-18)17-21(23)19-10-6-3-7-11-19/h2-11,16-17H,12-15H2,1H3/b20-16-,21-17+. The Hall–Kier alpha value is -1.35. The second kappa shape index (κ2) is 9.23. The molecule has 6 heteroatoms. The number of nitrogens with zero attached hydrogens (tertiary/aromatic N) is 2. The normalized spacial score (nSPS) is 19.7. The third-order valence-electron chi connectivity index (χ3n) is 4.62. The van der Waals surface area contributed by atoms with E-state index in [4.69, 9.17) is 23.2 Å². The van der Waals surface area contributed by atoms with E-state index in [9.17, 15) is 4.57 Å². The number of hydrogen-bond acceptors (Lipinski definition) is 2. The minimum atomic E-state index is -3.05. The summed E-state index contributed by atoms with van der Waals surface area (Å²) in [6.45, 7) is 3.13. The van der Waals surface area contributed by atoms with Crippen LogP contribution in [-0.4, -0.2) is 42.8 Å². The molecule has 1 aliphatic rings. The van der Waals surface area contributed by atoms with E-state index in [-0.39, 0.29) is 0 Å². The molecule has 0 saturated carbocycles. The fourth-order valence-corrected chi connectivity index (χ4v) is 6.22. The van der Waals surface area contributed by atoms with Crippen molar-refractivity contribution in [2.75, 3.05) is 33.2 Å². The van der Waals surface area contributed by atoms with Gasteiger partial charge in [0.2, 0.25) is 0 Å². The predicted octanol–water partition coefficient (Wildman–Crippen LogP) is 5.99. The van der Waals surface area contributed by atoms with Gasteiger partial charge in [0, 0.05) is 37.8 Å². The van der Waals surface area contributed by atoms with Crippen molar-refractivity contribution in [3.05, 3.63) is 83.4 Å². The Morgan fingerprint density at radius 2 is 1.22 bits per heavy atom. The molecular formula is C21H23Cl2N2OP. The van der Waals surface area contributed by atoms with E-state index in [0.29, 0.717) is 23.2 Å². The molecule has 3 rings (SSSR count). The minimum absolute atomic E-state index is 0.478. The lowest BCUT2D eigenvalue weighted by Gasteiger charge is -2.35. The second-order valence-corrected chi connectivity index (χ2v) is 9.86. The highest BCUT2D eigenvalue weighted by Crippen LogP contribution is 2.57. The average Bonchev–Trinajstić information content (AvgIpc) is 2.69. The van der Waals surface area contributed by atoms with Gasteiger partial charge < -0.3 is 4.90 Å². The van der Waals surface area contributed by atoms with Gasteiger partial charge in [0.25, 0.3) is 0 Å². The fraction of sp³-hybridized carbons (Fsp3) is 0.238. The van der Waals surface area contributed by atoms with Crippen LogP contribution in [0, 0.1) is 0 Å². The van der Waals surface area contributed by atoms with E-state index in [0.717, 1.165) is 24.2 Å². The molecule has 0 radical (unpaired) electrons. The molecule has 0 aromatic heterocycles. The number of rotatable bonds is 5. The van der Waals surface area contributed by atoms with Gasteiger partial charge in [-0.1, -0.05) is 83.9 Å². The highest BCUT2D eigenvalue weighted by molar-refractivity contribution is 7.68. The smallest absolute Gasteiger partial charge is 0.196 e. The summed E-state index contributed by atoms with van der Waals surface area (Å²) in [5.41, 5.74) is 1.69. The number of likely N-dealkylation sites (N-methyl/N-ethyl adjacent to an activating group) is 1. The van der Waals surface area contributed by atoms with Gasteiger partial charge in [-0.3, -0.25) is 4.57 Å². The highest BCUT2D eigenvalue weighted by Gasteiger charge is 2.30. The summed E-state index contributed by atoms with van der Waals surface area (Å²) >= 11 is 13.1. The molecule has 0 N–H and O–H groups in total. The van der Waals surface area contributed by atoms with Gasteiger partial charge >= 0.3 is 0 Å². The van der Waals surface area contributed by atoms with Crippen molar-refractivity contribution in [3.8, 4) is 0 Å². The number of piperazine rings is 1. The first-order valence-electron chi connectivity index (χ1n) is 8.89. The van der Waals surface area contributed by atoms with Gasteiger partial charge in [0.1, 0.15) is 0 Å². The van der Waals surface area contributed by atoms with Crippen molar-refractivity contribution >= 4 is 40.6 Å². The Morgan fingerprint density at radius 1 is 0.815 bits per heavy atom. The van der Waals surface area contributed by atoms with E-state index in [2.05, 4.69) is 11.9 Å². The average molecular weight is 421 g/mol. The van der Waals surface area contributed by atoms with Gasteiger partial charge in [0.05, 0.1) is 10.1 Å². The number of halogens is 2. The molecule has 2 aromatic carbocycles. The molecule has 1 unspecified atom stereocenters. The van der Waals surface area contributed by atoms with Gasteiger partial charge in [-0.25, -0.2) is 4.67 Å². The zero-order valence-electron chi connectivity index (χ0n) is 15.3. The summed E-state index contributed by atoms with van der Waals surface area (Å²) in [5, 5.41) is 0.957. The van der Waals surface area contributed by atoms with Crippen LogP contribution in [0.3, 0.4) is 0 Å². The largest absolute Gasteiger partial charge is 0.304 e. The molecule has 0 bridgehead atoms. The van der Waals surface area contributed by atoms with Crippen LogP contribution in [0.25, 0.3) is 10.1 Å². The quantitative estimate of drug-likeness (QED) is 0.555. The van der Waals surface area contributed by atoms with Crippen molar-refractivity contribution in [1.29, 1.82) is 0 Å².